The zero-order valence-electron chi connectivity index (χ0n) is 12.4. The number of hydrogen-bond acceptors (Lipinski definition) is 6. The molecule has 0 aliphatic heterocycles. The van der Waals surface area contributed by atoms with Crippen molar-refractivity contribution < 1.29 is 4.79 Å². The van der Waals surface area contributed by atoms with Crippen LogP contribution in [0, 0.1) is 13.8 Å². The number of fused-ring (bicyclic) bond motifs is 1. The Balaban J connectivity index is 1.91. The second-order valence-electron chi connectivity index (χ2n) is 4.85. The Morgan fingerprint density at radius 2 is 2.14 bits per heavy atom. The molecule has 0 radical (unpaired) electrons. The molecule has 2 aromatic heterocycles. The minimum atomic E-state index is 0.0395. The van der Waals surface area contributed by atoms with E-state index < -0.39 is 0 Å². The van der Waals surface area contributed by atoms with Crippen molar-refractivity contribution in [2.24, 2.45) is 5.73 Å². The highest BCUT2D eigenvalue weighted by atomic mass is 32.1. The number of rotatable bonds is 7. The summed E-state index contributed by atoms with van der Waals surface area (Å²) >= 11 is 1.68. The largest absolute Gasteiger partial charge is 0.369 e. The molecule has 0 spiro atoms. The lowest BCUT2D eigenvalue weighted by Gasteiger charge is -2.07. The summed E-state index contributed by atoms with van der Waals surface area (Å²) in [7, 11) is 0. The molecule has 0 unspecified atom stereocenters. The van der Waals surface area contributed by atoms with Gasteiger partial charge in [0, 0.05) is 30.9 Å². The smallest absolute Gasteiger partial charge is 0.220 e. The minimum Gasteiger partial charge on any atom is -0.369 e. The molecule has 2 heterocycles. The number of thiophene rings is 1. The Bertz CT molecular complexity index is 625. The van der Waals surface area contributed by atoms with Crippen molar-refractivity contribution in [3.63, 3.8) is 0 Å². The van der Waals surface area contributed by atoms with Crippen LogP contribution in [0.15, 0.2) is 6.33 Å². The van der Waals surface area contributed by atoms with Gasteiger partial charge in [0.25, 0.3) is 0 Å². The summed E-state index contributed by atoms with van der Waals surface area (Å²) in [6.45, 7) is 5.89. The molecular weight excluding hydrogens is 286 g/mol. The summed E-state index contributed by atoms with van der Waals surface area (Å²) in [5, 5.41) is 7.15. The number of aromatic nitrogens is 2. The van der Waals surface area contributed by atoms with Gasteiger partial charge in [0.15, 0.2) is 0 Å². The maximum atomic E-state index is 11.5. The number of carbonyl (C=O) groups excluding carboxylic acids is 1. The normalized spacial score (nSPS) is 10.8. The molecule has 7 heteroatoms. The molecule has 0 bridgehead atoms. The SMILES string of the molecule is Cc1sc2ncnc(NCCCC(=O)NCCN)c2c1C. The summed E-state index contributed by atoms with van der Waals surface area (Å²) in [5.74, 6) is 0.891. The summed E-state index contributed by atoms with van der Waals surface area (Å²) in [6, 6.07) is 0. The lowest BCUT2D eigenvalue weighted by atomic mass is 10.2. The fourth-order valence-corrected chi connectivity index (χ4v) is 3.07. The molecular formula is C14H21N5OS. The highest BCUT2D eigenvalue weighted by molar-refractivity contribution is 7.18. The van der Waals surface area contributed by atoms with Crippen LogP contribution in [0.25, 0.3) is 10.2 Å². The number of carbonyl (C=O) groups is 1. The maximum absolute atomic E-state index is 11.5. The van der Waals surface area contributed by atoms with Crippen molar-refractivity contribution in [3.8, 4) is 0 Å². The van der Waals surface area contributed by atoms with Crippen LogP contribution in [0.5, 0.6) is 0 Å². The zero-order chi connectivity index (χ0) is 15.2. The maximum Gasteiger partial charge on any atom is 0.220 e. The highest BCUT2D eigenvalue weighted by Gasteiger charge is 2.11. The van der Waals surface area contributed by atoms with Gasteiger partial charge < -0.3 is 16.4 Å². The number of amides is 1. The van der Waals surface area contributed by atoms with Crippen molar-refractivity contribution in [3.05, 3.63) is 16.8 Å². The Morgan fingerprint density at radius 1 is 1.33 bits per heavy atom. The first kappa shape index (κ1) is 15.7. The lowest BCUT2D eigenvalue weighted by molar-refractivity contribution is -0.121. The third-order valence-corrected chi connectivity index (χ3v) is 4.42. The Kier molecular flexibility index (Phi) is 5.46. The van der Waals surface area contributed by atoms with Gasteiger partial charge in [0.05, 0.1) is 5.39 Å². The first-order valence-corrected chi connectivity index (χ1v) is 7.86. The van der Waals surface area contributed by atoms with Crippen LogP contribution in [0.3, 0.4) is 0 Å². The summed E-state index contributed by atoms with van der Waals surface area (Å²) in [6.07, 6.45) is 2.82. The van der Waals surface area contributed by atoms with Crippen LogP contribution in [0.1, 0.15) is 23.3 Å². The first-order valence-electron chi connectivity index (χ1n) is 7.04. The summed E-state index contributed by atoms with van der Waals surface area (Å²) in [5.41, 5.74) is 6.56. The van der Waals surface area contributed by atoms with Crippen LogP contribution >= 0.6 is 11.3 Å². The van der Waals surface area contributed by atoms with Crippen molar-refractivity contribution in [2.45, 2.75) is 26.7 Å². The van der Waals surface area contributed by atoms with E-state index in [4.69, 9.17) is 5.73 Å². The number of anilines is 1. The van der Waals surface area contributed by atoms with Crippen LogP contribution < -0.4 is 16.4 Å². The predicted octanol–water partition coefficient (Wildman–Crippen LogP) is 1.58. The van der Waals surface area contributed by atoms with E-state index in [9.17, 15) is 4.79 Å². The van der Waals surface area contributed by atoms with E-state index in [0.29, 0.717) is 26.1 Å². The number of nitrogens with one attached hydrogen (secondary N) is 2. The van der Waals surface area contributed by atoms with E-state index in [1.807, 2.05) is 0 Å². The summed E-state index contributed by atoms with van der Waals surface area (Å²) < 4.78 is 0. The van der Waals surface area contributed by atoms with Crippen molar-refractivity contribution >= 4 is 33.3 Å². The second-order valence-corrected chi connectivity index (χ2v) is 6.06. The van der Waals surface area contributed by atoms with E-state index in [1.54, 1.807) is 17.7 Å². The highest BCUT2D eigenvalue weighted by Crippen LogP contribution is 2.32. The molecule has 0 fully saturated rings. The average Bonchev–Trinajstić information content (AvgIpc) is 2.77. The van der Waals surface area contributed by atoms with Crippen molar-refractivity contribution in [1.29, 1.82) is 0 Å². The molecule has 1 amide bonds. The van der Waals surface area contributed by atoms with E-state index >= 15 is 0 Å². The summed E-state index contributed by atoms with van der Waals surface area (Å²) in [4.78, 5) is 22.3. The molecule has 0 aliphatic carbocycles. The molecule has 6 nitrogen and oxygen atoms in total. The average molecular weight is 307 g/mol. The standard InChI is InChI=1S/C14H21N5OS/c1-9-10(2)21-14-12(9)13(18-8-19-14)17-6-3-4-11(20)16-7-5-15/h8H,3-7,15H2,1-2H3,(H,16,20)(H,17,18,19). The molecule has 0 saturated carbocycles. The van der Waals surface area contributed by atoms with Gasteiger partial charge >= 0.3 is 0 Å². The van der Waals surface area contributed by atoms with Gasteiger partial charge in [-0.3, -0.25) is 4.79 Å². The molecule has 2 aromatic rings. The number of hydrogen-bond donors (Lipinski definition) is 3. The van der Waals surface area contributed by atoms with Gasteiger partial charge in [-0.25, -0.2) is 9.97 Å². The van der Waals surface area contributed by atoms with E-state index in [2.05, 4.69) is 34.4 Å². The molecule has 0 aliphatic rings. The molecule has 4 N–H and O–H groups in total. The molecule has 0 saturated heterocycles. The topological polar surface area (TPSA) is 92.9 Å². The van der Waals surface area contributed by atoms with E-state index in [0.717, 1.165) is 22.5 Å². The molecule has 0 atom stereocenters. The van der Waals surface area contributed by atoms with Crippen LogP contribution in [0.2, 0.25) is 0 Å². The Morgan fingerprint density at radius 3 is 2.90 bits per heavy atom. The third-order valence-electron chi connectivity index (χ3n) is 3.30. The minimum absolute atomic E-state index is 0.0395. The lowest BCUT2D eigenvalue weighted by Crippen LogP contribution is -2.29. The Labute approximate surface area is 128 Å². The van der Waals surface area contributed by atoms with E-state index in [1.165, 1.54) is 10.4 Å². The van der Waals surface area contributed by atoms with Gasteiger partial charge in [-0.1, -0.05) is 0 Å². The van der Waals surface area contributed by atoms with Crippen LogP contribution in [-0.4, -0.2) is 35.5 Å². The van der Waals surface area contributed by atoms with Gasteiger partial charge in [-0.2, -0.15) is 0 Å². The quantitative estimate of drug-likeness (QED) is 0.675. The number of nitrogens with two attached hydrogens (primary N) is 1. The van der Waals surface area contributed by atoms with Gasteiger partial charge in [0.1, 0.15) is 17.0 Å². The van der Waals surface area contributed by atoms with Crippen molar-refractivity contribution in [1.82, 2.24) is 15.3 Å². The predicted molar refractivity (Wildman–Crippen MR) is 86.7 cm³/mol. The fourth-order valence-electron chi connectivity index (χ4n) is 2.07. The van der Waals surface area contributed by atoms with Crippen LogP contribution in [-0.2, 0) is 4.79 Å². The molecule has 114 valence electrons. The molecule has 21 heavy (non-hydrogen) atoms. The van der Waals surface area contributed by atoms with Gasteiger partial charge in [-0.15, -0.1) is 11.3 Å². The van der Waals surface area contributed by atoms with E-state index in [-0.39, 0.29) is 5.91 Å². The number of aryl methyl sites for hydroxylation is 2. The monoisotopic (exact) mass is 307 g/mol. The first-order chi connectivity index (χ1) is 10.1. The van der Waals surface area contributed by atoms with Crippen molar-refractivity contribution in [2.75, 3.05) is 25.0 Å². The second kappa shape index (κ2) is 7.33. The Hall–Kier alpha value is -1.73. The fraction of sp³-hybridized carbons (Fsp3) is 0.500. The third kappa shape index (κ3) is 3.89. The molecule has 2 rings (SSSR count). The van der Waals surface area contributed by atoms with Crippen LogP contribution in [0.4, 0.5) is 5.82 Å². The zero-order valence-corrected chi connectivity index (χ0v) is 13.2. The van der Waals surface area contributed by atoms with Gasteiger partial charge in [0.2, 0.25) is 5.91 Å². The van der Waals surface area contributed by atoms with Gasteiger partial charge in [-0.05, 0) is 25.8 Å². The number of nitrogens with zero attached hydrogens (tertiary/aromatic N) is 2. The molecule has 0 aromatic carbocycles.